The molecule has 2 fully saturated rings. The van der Waals surface area contributed by atoms with Crippen LogP contribution in [0, 0.1) is 24.7 Å². The molecule has 344 valence electrons. The SMILES string of the molecule is Cc1ccc(S(=O)(=O)N[C@@H](CC2(C(=O)[C@@H]3CCCN3)C=CC(C(=O)O)=CC2)C(=O)O)cc1.Cc1ccc(S(=O)(=O)N[C@@H](CC2(C(=O)[C@@H]3CCCN3)C=CC=C(C(=O)O)C2)C(=O)O)cc1. The van der Waals surface area contributed by atoms with E-state index in [0.29, 0.717) is 25.9 Å². The van der Waals surface area contributed by atoms with Crippen LogP contribution in [0.15, 0.2) is 106 Å². The van der Waals surface area contributed by atoms with Gasteiger partial charge in [0, 0.05) is 5.57 Å². The zero-order valence-electron chi connectivity index (χ0n) is 35.2. The lowest BCUT2D eigenvalue weighted by atomic mass is 9.69. The van der Waals surface area contributed by atoms with Crippen LogP contribution in [0.2, 0.25) is 0 Å². The molecule has 2 aromatic carbocycles. The molecule has 2 heterocycles. The minimum Gasteiger partial charge on any atom is -0.480 e. The average molecular weight is 925 g/mol. The van der Waals surface area contributed by atoms with E-state index in [4.69, 9.17) is 0 Å². The summed E-state index contributed by atoms with van der Waals surface area (Å²) >= 11 is 0. The van der Waals surface area contributed by atoms with Crippen LogP contribution >= 0.6 is 0 Å². The molecule has 18 nitrogen and oxygen atoms in total. The predicted molar refractivity (Wildman–Crippen MR) is 231 cm³/mol. The molecule has 0 bridgehead atoms. The lowest BCUT2D eigenvalue weighted by Crippen LogP contribution is -2.50. The minimum absolute atomic E-state index is 0.0000767. The molecular formula is C44H52N4O14S2. The molecule has 0 radical (unpaired) electrons. The lowest BCUT2D eigenvalue weighted by Gasteiger charge is -2.35. The van der Waals surface area contributed by atoms with Gasteiger partial charge in [-0.25, -0.2) is 26.4 Å². The van der Waals surface area contributed by atoms with Crippen molar-refractivity contribution in [2.75, 3.05) is 13.1 Å². The molecule has 2 unspecified atom stereocenters. The number of aryl methyl sites for hydroxylation is 2. The summed E-state index contributed by atoms with van der Waals surface area (Å²) in [4.78, 5) is 73.5. The van der Waals surface area contributed by atoms with Gasteiger partial charge in [-0.1, -0.05) is 71.8 Å². The Bertz CT molecular complexity index is 2490. The summed E-state index contributed by atoms with van der Waals surface area (Å²) in [6.45, 7) is 4.86. The highest BCUT2D eigenvalue weighted by atomic mass is 32.2. The van der Waals surface area contributed by atoms with Crippen molar-refractivity contribution < 1.29 is 66.0 Å². The molecule has 0 spiro atoms. The Balaban J connectivity index is 0.000000241. The number of aliphatic carboxylic acids is 4. The molecule has 2 aromatic rings. The Kier molecular flexibility index (Phi) is 15.8. The third kappa shape index (κ3) is 11.9. The Morgan fingerprint density at radius 3 is 1.50 bits per heavy atom. The van der Waals surface area contributed by atoms with Gasteiger partial charge in [0.15, 0.2) is 11.6 Å². The first-order valence-corrected chi connectivity index (χ1v) is 23.5. The third-order valence-electron chi connectivity index (χ3n) is 11.7. The summed E-state index contributed by atoms with van der Waals surface area (Å²) in [6, 6.07) is 7.61. The van der Waals surface area contributed by atoms with Gasteiger partial charge in [0.25, 0.3) is 0 Å². The molecule has 2 saturated heterocycles. The van der Waals surface area contributed by atoms with Crippen LogP contribution in [0.4, 0.5) is 0 Å². The van der Waals surface area contributed by atoms with Crippen molar-refractivity contribution in [1.82, 2.24) is 20.1 Å². The van der Waals surface area contributed by atoms with Gasteiger partial charge >= 0.3 is 23.9 Å². The molecule has 0 aromatic heterocycles. The standard InChI is InChI=1S/2C22H26N2O7S/c1-14-6-8-16(9-7-14)32(30,31)24-18(21(28)29)13-22(19(25)17-5-3-11-23-17)10-2-4-15(12-22)20(26)27;1-14-4-6-16(7-5-14)32(30,31)24-18(21(28)29)13-22(19(25)17-3-2-12-23-17)10-8-15(9-11-22)20(26)27/h2,4,6-10,17-18,23-24H,3,5,11-13H2,1H3,(H,26,27)(H,28,29);4-10,17-18,23-24H,2-3,11-13H2,1H3,(H,26,27)(H,28,29)/t2*17-,18-,22?/m00/s1. The number of carbonyl (C=O) groups excluding carboxylic acids is 2. The van der Waals surface area contributed by atoms with Crippen molar-refractivity contribution in [3.05, 3.63) is 107 Å². The van der Waals surface area contributed by atoms with Crippen LogP contribution in [-0.4, -0.2) is 110 Å². The van der Waals surface area contributed by atoms with Crippen LogP contribution in [0.5, 0.6) is 0 Å². The van der Waals surface area contributed by atoms with Gasteiger partial charge in [-0.15, -0.1) is 0 Å². The summed E-state index contributed by atoms with van der Waals surface area (Å²) in [6.07, 6.45) is 10.0. The van der Waals surface area contributed by atoms with Crippen molar-refractivity contribution in [1.29, 1.82) is 0 Å². The predicted octanol–water partition coefficient (Wildman–Crippen LogP) is 2.79. The van der Waals surface area contributed by atoms with Crippen molar-refractivity contribution in [3.8, 4) is 0 Å². The van der Waals surface area contributed by atoms with E-state index in [1.807, 2.05) is 0 Å². The van der Waals surface area contributed by atoms with Crippen molar-refractivity contribution in [2.24, 2.45) is 10.8 Å². The van der Waals surface area contributed by atoms with E-state index in [1.165, 1.54) is 60.7 Å². The van der Waals surface area contributed by atoms with E-state index in [9.17, 15) is 66.0 Å². The molecule has 0 saturated carbocycles. The topological polar surface area (TPSA) is 300 Å². The molecule has 64 heavy (non-hydrogen) atoms. The number of nitrogens with one attached hydrogen (secondary N) is 4. The van der Waals surface area contributed by atoms with E-state index in [0.717, 1.165) is 24.0 Å². The molecule has 20 heteroatoms. The Morgan fingerprint density at radius 2 is 1.12 bits per heavy atom. The highest BCUT2D eigenvalue weighted by Gasteiger charge is 2.47. The van der Waals surface area contributed by atoms with Crippen LogP contribution < -0.4 is 20.1 Å². The maximum atomic E-state index is 13.4. The fourth-order valence-electron chi connectivity index (χ4n) is 8.18. The van der Waals surface area contributed by atoms with Crippen LogP contribution in [0.25, 0.3) is 0 Å². The summed E-state index contributed by atoms with van der Waals surface area (Å²) in [5.74, 6) is -5.85. The fraction of sp³-hybridized carbons (Fsp3) is 0.409. The third-order valence-corrected chi connectivity index (χ3v) is 14.7. The molecule has 6 atom stereocenters. The van der Waals surface area contributed by atoms with Gasteiger partial charge in [0.2, 0.25) is 20.0 Å². The lowest BCUT2D eigenvalue weighted by molar-refractivity contribution is -0.142. The molecule has 4 aliphatic rings. The molecule has 2 aliphatic carbocycles. The monoisotopic (exact) mass is 924 g/mol. The van der Waals surface area contributed by atoms with E-state index in [2.05, 4.69) is 20.1 Å². The van der Waals surface area contributed by atoms with Crippen LogP contribution in [-0.2, 0) is 48.8 Å². The molecule has 2 aliphatic heterocycles. The smallest absolute Gasteiger partial charge is 0.335 e. The number of Topliss-reactive ketones (excluding diaryl/α,β-unsaturated/α-hetero) is 2. The molecular weight excluding hydrogens is 873 g/mol. The van der Waals surface area contributed by atoms with Crippen molar-refractivity contribution >= 4 is 55.5 Å². The summed E-state index contributed by atoms with van der Waals surface area (Å²) in [5.41, 5.74) is -1.17. The van der Waals surface area contributed by atoms with Gasteiger partial charge in [-0.3, -0.25) is 19.2 Å². The average Bonchev–Trinajstić information content (AvgIpc) is 4.00. The van der Waals surface area contributed by atoms with Crippen LogP contribution in [0.1, 0.15) is 62.5 Å². The van der Waals surface area contributed by atoms with Gasteiger partial charge in [-0.05, 0) is 103 Å². The quantitative estimate of drug-likeness (QED) is 0.107. The molecule has 6 rings (SSSR count). The van der Waals surface area contributed by atoms with E-state index >= 15 is 0 Å². The summed E-state index contributed by atoms with van der Waals surface area (Å²) in [7, 11) is -8.35. The number of rotatable bonds is 18. The second-order valence-corrected chi connectivity index (χ2v) is 19.9. The zero-order chi connectivity index (χ0) is 47.0. The second-order valence-electron chi connectivity index (χ2n) is 16.4. The van der Waals surface area contributed by atoms with Crippen LogP contribution in [0.3, 0.4) is 0 Å². The zero-order valence-corrected chi connectivity index (χ0v) is 36.8. The Hall–Kier alpha value is -5.64. The van der Waals surface area contributed by atoms with Gasteiger partial charge in [-0.2, -0.15) is 9.44 Å². The number of hydrogen-bond donors (Lipinski definition) is 8. The molecule has 8 N–H and O–H groups in total. The maximum Gasteiger partial charge on any atom is 0.335 e. The number of allylic oxidation sites excluding steroid dienone is 5. The van der Waals surface area contributed by atoms with Gasteiger partial charge in [0.1, 0.15) is 12.1 Å². The van der Waals surface area contributed by atoms with Crippen molar-refractivity contribution in [2.45, 2.75) is 99.2 Å². The van der Waals surface area contributed by atoms with Gasteiger partial charge in [0.05, 0.1) is 38.3 Å². The number of carbonyl (C=O) groups is 6. The van der Waals surface area contributed by atoms with E-state index in [1.54, 1.807) is 38.1 Å². The highest BCUT2D eigenvalue weighted by Crippen LogP contribution is 2.41. The largest absolute Gasteiger partial charge is 0.480 e. The maximum absolute atomic E-state index is 13.4. The first-order chi connectivity index (χ1) is 30.1. The number of carboxylic acids is 4. The first-order valence-electron chi connectivity index (χ1n) is 20.5. The number of hydrogen-bond acceptors (Lipinski definition) is 12. The number of benzene rings is 2. The highest BCUT2D eigenvalue weighted by molar-refractivity contribution is 7.89. The summed E-state index contributed by atoms with van der Waals surface area (Å²) in [5, 5.41) is 44.4. The van der Waals surface area contributed by atoms with Gasteiger partial charge < -0.3 is 31.1 Å². The number of carboxylic acid groups (broad SMARTS) is 4. The van der Waals surface area contributed by atoms with E-state index in [-0.39, 0.29) is 51.8 Å². The fourth-order valence-corrected chi connectivity index (χ4v) is 10.6. The molecule has 0 amide bonds. The number of sulfonamides is 2. The Morgan fingerprint density at radius 1 is 0.672 bits per heavy atom. The summed E-state index contributed by atoms with van der Waals surface area (Å²) < 4.78 is 55.6. The number of ketones is 2. The normalized spacial score (nSPS) is 24.0. The second kappa shape index (κ2) is 20.5. The van der Waals surface area contributed by atoms with E-state index < -0.39 is 85.3 Å². The first kappa shape index (κ1) is 49.4. The minimum atomic E-state index is -4.19. The van der Waals surface area contributed by atoms with Crippen molar-refractivity contribution in [3.63, 3.8) is 0 Å². The Labute approximate surface area is 370 Å².